The number of guanidine groups is 1. The molecule has 0 rings (SSSR count). The number of amides is 1. The molecule has 0 saturated carbocycles. The number of nitrogens with two attached hydrogens (primary N) is 2. The Hall–Kier alpha value is -1.10. The third-order valence-electron chi connectivity index (χ3n) is 0.880. The van der Waals surface area contributed by atoms with Gasteiger partial charge in [-0.15, -0.1) is 0 Å². The lowest BCUT2D eigenvalue weighted by molar-refractivity contribution is -0.119. The Morgan fingerprint density at radius 1 is 1.70 bits per heavy atom. The standard InChI is InChI=1S/C5H12N4O/c1-8-5(7)9-4(10)2-3-6/h2-3,6H2,1H3,(H3,7,8,9,10). The van der Waals surface area contributed by atoms with Gasteiger partial charge in [-0.1, -0.05) is 0 Å². The first kappa shape index (κ1) is 8.90. The molecule has 0 spiro atoms. The maximum absolute atomic E-state index is 10.7. The summed E-state index contributed by atoms with van der Waals surface area (Å²) >= 11 is 0. The molecule has 5 N–H and O–H groups in total. The Balaban J connectivity index is 3.58. The Morgan fingerprint density at radius 2 is 2.30 bits per heavy atom. The second-order valence-electron chi connectivity index (χ2n) is 1.70. The van der Waals surface area contributed by atoms with Crippen molar-refractivity contribution in [3.05, 3.63) is 0 Å². The molecule has 0 fully saturated rings. The van der Waals surface area contributed by atoms with Crippen molar-refractivity contribution >= 4 is 11.9 Å². The molecule has 0 heterocycles. The Labute approximate surface area is 59.5 Å². The number of carbonyl (C=O) groups is 1. The SMILES string of the molecule is CN=C(N)NC(=O)CCN. The van der Waals surface area contributed by atoms with Gasteiger partial charge in [0.05, 0.1) is 0 Å². The van der Waals surface area contributed by atoms with Crippen LogP contribution in [0.2, 0.25) is 0 Å². The van der Waals surface area contributed by atoms with Crippen LogP contribution in [0, 0.1) is 0 Å². The van der Waals surface area contributed by atoms with E-state index in [1.54, 1.807) is 0 Å². The predicted octanol–water partition coefficient (Wildman–Crippen LogP) is -1.60. The maximum atomic E-state index is 10.7. The van der Waals surface area contributed by atoms with Crippen LogP contribution in [-0.4, -0.2) is 25.5 Å². The average molecular weight is 144 g/mol. The smallest absolute Gasteiger partial charge is 0.227 e. The van der Waals surface area contributed by atoms with Crippen LogP contribution in [0.4, 0.5) is 0 Å². The van der Waals surface area contributed by atoms with Crippen molar-refractivity contribution in [2.45, 2.75) is 6.42 Å². The Kier molecular flexibility index (Phi) is 4.23. The van der Waals surface area contributed by atoms with Gasteiger partial charge in [-0.3, -0.25) is 15.1 Å². The van der Waals surface area contributed by atoms with Gasteiger partial charge in [-0.05, 0) is 0 Å². The summed E-state index contributed by atoms with van der Waals surface area (Å²) < 4.78 is 0. The van der Waals surface area contributed by atoms with E-state index in [1.165, 1.54) is 7.05 Å². The monoisotopic (exact) mass is 144 g/mol. The summed E-state index contributed by atoms with van der Waals surface area (Å²) in [5, 5.41) is 2.34. The highest BCUT2D eigenvalue weighted by atomic mass is 16.1. The highest BCUT2D eigenvalue weighted by Gasteiger charge is 1.98. The van der Waals surface area contributed by atoms with Crippen LogP contribution in [0.25, 0.3) is 0 Å². The number of rotatable bonds is 2. The van der Waals surface area contributed by atoms with Gasteiger partial charge >= 0.3 is 0 Å². The first-order valence-electron chi connectivity index (χ1n) is 2.93. The highest BCUT2D eigenvalue weighted by Crippen LogP contribution is 1.72. The molecule has 0 aliphatic rings. The van der Waals surface area contributed by atoms with Gasteiger partial charge in [-0.25, -0.2) is 0 Å². The molecule has 10 heavy (non-hydrogen) atoms. The van der Waals surface area contributed by atoms with E-state index in [0.29, 0.717) is 6.54 Å². The van der Waals surface area contributed by atoms with E-state index in [0.717, 1.165) is 0 Å². The molecule has 5 heteroatoms. The number of aliphatic imine (C=N–C) groups is 1. The van der Waals surface area contributed by atoms with E-state index < -0.39 is 0 Å². The van der Waals surface area contributed by atoms with Crippen LogP contribution < -0.4 is 16.8 Å². The summed E-state index contributed by atoms with van der Waals surface area (Å²) in [5.41, 5.74) is 10.3. The summed E-state index contributed by atoms with van der Waals surface area (Å²) in [6.07, 6.45) is 0.274. The molecule has 0 radical (unpaired) electrons. The lowest BCUT2D eigenvalue weighted by Crippen LogP contribution is -2.37. The van der Waals surface area contributed by atoms with Crippen LogP contribution in [-0.2, 0) is 4.79 Å². The number of nitrogens with zero attached hydrogens (tertiary/aromatic N) is 1. The number of hydrogen-bond acceptors (Lipinski definition) is 3. The van der Waals surface area contributed by atoms with Crippen molar-refractivity contribution in [2.75, 3.05) is 13.6 Å². The van der Waals surface area contributed by atoms with Crippen LogP contribution in [0.5, 0.6) is 0 Å². The van der Waals surface area contributed by atoms with E-state index in [-0.39, 0.29) is 18.3 Å². The van der Waals surface area contributed by atoms with Crippen LogP contribution >= 0.6 is 0 Å². The third-order valence-corrected chi connectivity index (χ3v) is 0.880. The minimum atomic E-state index is -0.203. The zero-order valence-electron chi connectivity index (χ0n) is 5.92. The van der Waals surface area contributed by atoms with Crippen molar-refractivity contribution in [3.8, 4) is 0 Å². The van der Waals surface area contributed by atoms with Crippen molar-refractivity contribution in [3.63, 3.8) is 0 Å². The van der Waals surface area contributed by atoms with Crippen LogP contribution in [0.3, 0.4) is 0 Å². The summed E-state index contributed by atoms with van der Waals surface area (Å²) in [7, 11) is 1.50. The van der Waals surface area contributed by atoms with E-state index in [4.69, 9.17) is 11.5 Å². The molecule has 58 valence electrons. The molecule has 5 nitrogen and oxygen atoms in total. The molecule has 1 amide bonds. The van der Waals surface area contributed by atoms with Gasteiger partial charge in [-0.2, -0.15) is 0 Å². The Morgan fingerprint density at radius 3 is 2.70 bits per heavy atom. The molecule has 0 aliphatic carbocycles. The van der Waals surface area contributed by atoms with Crippen molar-refractivity contribution < 1.29 is 4.79 Å². The van der Waals surface area contributed by atoms with E-state index in [2.05, 4.69) is 10.3 Å². The van der Waals surface area contributed by atoms with Gasteiger partial charge in [0.1, 0.15) is 0 Å². The molecule has 0 atom stereocenters. The largest absolute Gasteiger partial charge is 0.370 e. The number of hydrogen-bond donors (Lipinski definition) is 3. The van der Waals surface area contributed by atoms with E-state index in [1.807, 2.05) is 0 Å². The van der Waals surface area contributed by atoms with Gasteiger partial charge in [0.15, 0.2) is 5.96 Å². The average Bonchev–Trinajstić information content (AvgIpc) is 1.88. The normalized spacial score (nSPS) is 11.2. The summed E-state index contributed by atoms with van der Waals surface area (Å²) in [4.78, 5) is 14.2. The predicted molar refractivity (Wildman–Crippen MR) is 39.4 cm³/mol. The fraction of sp³-hybridized carbons (Fsp3) is 0.600. The highest BCUT2D eigenvalue weighted by molar-refractivity contribution is 5.96. The topological polar surface area (TPSA) is 93.5 Å². The van der Waals surface area contributed by atoms with Gasteiger partial charge < -0.3 is 11.5 Å². The number of carbonyl (C=O) groups excluding carboxylic acids is 1. The molecule has 0 aromatic heterocycles. The third kappa shape index (κ3) is 3.85. The Bertz CT molecular complexity index is 143. The number of nitrogens with one attached hydrogen (secondary N) is 1. The van der Waals surface area contributed by atoms with Crippen LogP contribution in [0.15, 0.2) is 4.99 Å². The van der Waals surface area contributed by atoms with Gasteiger partial charge in [0.2, 0.25) is 5.91 Å². The summed E-state index contributed by atoms with van der Waals surface area (Å²) in [5.74, 6) is -0.0796. The summed E-state index contributed by atoms with van der Waals surface area (Å²) in [6, 6.07) is 0. The second-order valence-corrected chi connectivity index (χ2v) is 1.70. The van der Waals surface area contributed by atoms with E-state index in [9.17, 15) is 4.79 Å². The first-order chi connectivity index (χ1) is 4.70. The minimum absolute atomic E-state index is 0.124. The first-order valence-corrected chi connectivity index (χ1v) is 2.93. The molecule has 0 aromatic carbocycles. The lowest BCUT2D eigenvalue weighted by Gasteiger charge is -2.00. The molecule has 0 bridgehead atoms. The molecule has 0 aliphatic heterocycles. The zero-order valence-corrected chi connectivity index (χ0v) is 5.92. The fourth-order valence-electron chi connectivity index (χ4n) is 0.392. The maximum Gasteiger partial charge on any atom is 0.227 e. The summed E-state index contributed by atoms with van der Waals surface area (Å²) in [6.45, 7) is 0.322. The molecule has 0 unspecified atom stereocenters. The van der Waals surface area contributed by atoms with Crippen molar-refractivity contribution in [1.82, 2.24) is 5.32 Å². The molecule has 0 saturated heterocycles. The fourth-order valence-corrected chi connectivity index (χ4v) is 0.392. The van der Waals surface area contributed by atoms with E-state index >= 15 is 0 Å². The molecular weight excluding hydrogens is 132 g/mol. The zero-order chi connectivity index (χ0) is 7.98. The van der Waals surface area contributed by atoms with Crippen LogP contribution in [0.1, 0.15) is 6.42 Å². The lowest BCUT2D eigenvalue weighted by atomic mass is 10.4. The van der Waals surface area contributed by atoms with Crippen molar-refractivity contribution in [2.24, 2.45) is 16.5 Å². The minimum Gasteiger partial charge on any atom is -0.370 e. The molecule has 0 aromatic rings. The van der Waals surface area contributed by atoms with Crippen molar-refractivity contribution in [1.29, 1.82) is 0 Å². The van der Waals surface area contributed by atoms with Gasteiger partial charge in [0, 0.05) is 20.0 Å². The quantitative estimate of drug-likeness (QED) is 0.321. The van der Waals surface area contributed by atoms with Gasteiger partial charge in [0.25, 0.3) is 0 Å². The second kappa shape index (κ2) is 4.75. The molecular formula is C5H12N4O.